The van der Waals surface area contributed by atoms with Crippen LogP contribution in [0.25, 0.3) is 0 Å². The first kappa shape index (κ1) is 27.5. The topological polar surface area (TPSA) is 42.0 Å². The Morgan fingerprint density at radius 3 is 1.79 bits per heavy atom. The summed E-state index contributed by atoms with van der Waals surface area (Å²) in [6, 6.07) is 6.25. The number of amides is 1. The molecule has 2 rings (SSSR count). The van der Waals surface area contributed by atoms with E-state index >= 15 is 0 Å². The van der Waals surface area contributed by atoms with Gasteiger partial charge in [0, 0.05) is 32.6 Å². The van der Waals surface area contributed by atoms with Gasteiger partial charge >= 0.3 is 0 Å². The first-order valence-electron chi connectivity index (χ1n) is 13.3. The molecule has 0 aliphatic carbocycles. The molecular formula is C28H48N2O3. The molecule has 1 amide bonds. The molecule has 33 heavy (non-hydrogen) atoms. The number of hydrogen-bond donors (Lipinski definition) is 0. The summed E-state index contributed by atoms with van der Waals surface area (Å²) in [4.78, 5) is 16.6. The quantitative estimate of drug-likeness (QED) is 0.264. The minimum absolute atomic E-state index is 0.367. The lowest BCUT2D eigenvalue weighted by molar-refractivity contribution is -0.132. The number of nitrogens with zero attached hydrogens (tertiary/aromatic N) is 2. The smallest absolute Gasteiger partial charge is 0.222 e. The number of aryl methyl sites for hydroxylation is 1. The van der Waals surface area contributed by atoms with E-state index in [-0.39, 0.29) is 0 Å². The summed E-state index contributed by atoms with van der Waals surface area (Å²) < 4.78 is 10.7. The number of methoxy groups -OCH3 is 2. The van der Waals surface area contributed by atoms with Crippen LogP contribution >= 0.6 is 0 Å². The Bertz CT molecular complexity index is 657. The van der Waals surface area contributed by atoms with Gasteiger partial charge in [-0.1, -0.05) is 70.3 Å². The van der Waals surface area contributed by atoms with E-state index in [0.717, 1.165) is 56.9 Å². The second-order valence-electron chi connectivity index (χ2n) is 9.62. The third kappa shape index (κ3) is 11.3. The summed E-state index contributed by atoms with van der Waals surface area (Å²) in [5.74, 6) is 2.00. The average molecular weight is 461 g/mol. The molecule has 5 nitrogen and oxygen atoms in total. The molecule has 1 fully saturated rings. The second-order valence-corrected chi connectivity index (χ2v) is 9.62. The van der Waals surface area contributed by atoms with Gasteiger partial charge in [-0.2, -0.15) is 0 Å². The van der Waals surface area contributed by atoms with Crippen LogP contribution in [0, 0.1) is 0 Å². The SMILES string of the molecule is COc1ccc(CCCCCCCCCCCCCCC(=O)N2CCN(C)CC2)cc1OC. The summed E-state index contributed by atoms with van der Waals surface area (Å²) in [6.07, 6.45) is 17.5. The zero-order valence-electron chi connectivity index (χ0n) is 21.6. The van der Waals surface area contributed by atoms with E-state index in [0.29, 0.717) is 5.91 Å². The highest BCUT2D eigenvalue weighted by Crippen LogP contribution is 2.28. The van der Waals surface area contributed by atoms with Crippen molar-refractivity contribution in [3.63, 3.8) is 0 Å². The monoisotopic (exact) mass is 460 g/mol. The van der Waals surface area contributed by atoms with E-state index in [4.69, 9.17) is 9.47 Å². The van der Waals surface area contributed by atoms with Gasteiger partial charge in [-0.15, -0.1) is 0 Å². The fourth-order valence-electron chi connectivity index (χ4n) is 4.62. The van der Waals surface area contributed by atoms with Crippen LogP contribution < -0.4 is 9.47 Å². The third-order valence-electron chi connectivity index (χ3n) is 6.91. The molecule has 0 aromatic heterocycles. The van der Waals surface area contributed by atoms with Crippen molar-refractivity contribution in [1.82, 2.24) is 9.80 Å². The molecular weight excluding hydrogens is 412 g/mol. The lowest BCUT2D eigenvalue weighted by Crippen LogP contribution is -2.47. The summed E-state index contributed by atoms with van der Waals surface area (Å²) in [7, 11) is 5.50. The molecule has 0 radical (unpaired) electrons. The highest BCUT2D eigenvalue weighted by Gasteiger charge is 2.18. The molecule has 1 heterocycles. The van der Waals surface area contributed by atoms with E-state index in [1.807, 2.05) is 6.07 Å². The maximum absolute atomic E-state index is 12.2. The van der Waals surface area contributed by atoms with Gasteiger partial charge < -0.3 is 19.3 Å². The highest BCUT2D eigenvalue weighted by atomic mass is 16.5. The zero-order chi connectivity index (χ0) is 23.7. The lowest BCUT2D eigenvalue weighted by Gasteiger charge is -2.32. The summed E-state index contributed by atoms with van der Waals surface area (Å²) in [6.45, 7) is 3.86. The Morgan fingerprint density at radius 1 is 0.727 bits per heavy atom. The van der Waals surface area contributed by atoms with Crippen LogP contribution in [-0.2, 0) is 11.2 Å². The molecule has 188 valence electrons. The largest absolute Gasteiger partial charge is 0.493 e. The van der Waals surface area contributed by atoms with Gasteiger partial charge in [-0.05, 0) is 44.0 Å². The number of ether oxygens (including phenoxy) is 2. The molecule has 0 saturated carbocycles. The number of hydrogen-bond acceptors (Lipinski definition) is 4. The van der Waals surface area contributed by atoms with Crippen LogP contribution in [0.4, 0.5) is 0 Å². The number of benzene rings is 1. The number of unbranched alkanes of at least 4 members (excludes halogenated alkanes) is 11. The van der Waals surface area contributed by atoms with Crippen LogP contribution in [0.2, 0.25) is 0 Å². The number of carbonyl (C=O) groups is 1. The van der Waals surface area contributed by atoms with Crippen molar-refractivity contribution >= 4 is 5.91 Å². The molecule has 1 aliphatic rings. The van der Waals surface area contributed by atoms with Crippen LogP contribution in [0.1, 0.15) is 89.0 Å². The summed E-state index contributed by atoms with van der Waals surface area (Å²) in [5, 5.41) is 0. The maximum atomic E-state index is 12.2. The molecule has 0 bridgehead atoms. The minimum Gasteiger partial charge on any atom is -0.493 e. The first-order chi connectivity index (χ1) is 16.1. The van der Waals surface area contributed by atoms with Crippen LogP contribution in [0.5, 0.6) is 11.5 Å². The van der Waals surface area contributed by atoms with Crippen molar-refractivity contribution in [2.75, 3.05) is 47.4 Å². The van der Waals surface area contributed by atoms with Gasteiger partial charge in [-0.3, -0.25) is 4.79 Å². The molecule has 1 saturated heterocycles. The molecule has 0 unspecified atom stereocenters. The molecule has 1 aromatic rings. The Morgan fingerprint density at radius 2 is 1.24 bits per heavy atom. The summed E-state index contributed by atoms with van der Waals surface area (Å²) in [5.41, 5.74) is 1.33. The van der Waals surface area contributed by atoms with Crippen molar-refractivity contribution in [1.29, 1.82) is 0 Å². The second kappa shape index (κ2) is 16.8. The third-order valence-corrected chi connectivity index (χ3v) is 6.91. The van der Waals surface area contributed by atoms with Crippen molar-refractivity contribution in [2.45, 2.75) is 89.9 Å². The lowest BCUT2D eigenvalue weighted by atomic mass is 10.0. The molecule has 1 aromatic carbocycles. The van der Waals surface area contributed by atoms with Gasteiger partial charge in [0.15, 0.2) is 11.5 Å². The number of carbonyl (C=O) groups excluding carboxylic acids is 1. The van der Waals surface area contributed by atoms with Gasteiger partial charge in [0.05, 0.1) is 14.2 Å². The van der Waals surface area contributed by atoms with Crippen molar-refractivity contribution in [3.8, 4) is 11.5 Å². The van der Waals surface area contributed by atoms with E-state index in [9.17, 15) is 4.79 Å². The van der Waals surface area contributed by atoms with Crippen molar-refractivity contribution < 1.29 is 14.3 Å². The average Bonchev–Trinajstić information content (AvgIpc) is 2.84. The van der Waals surface area contributed by atoms with Crippen LogP contribution in [-0.4, -0.2) is 63.2 Å². The fourth-order valence-corrected chi connectivity index (χ4v) is 4.62. The van der Waals surface area contributed by atoms with E-state index < -0.39 is 0 Å². The van der Waals surface area contributed by atoms with Crippen molar-refractivity contribution in [2.24, 2.45) is 0 Å². The van der Waals surface area contributed by atoms with Crippen LogP contribution in [0.3, 0.4) is 0 Å². The molecule has 5 heteroatoms. The van der Waals surface area contributed by atoms with Crippen molar-refractivity contribution in [3.05, 3.63) is 23.8 Å². The maximum Gasteiger partial charge on any atom is 0.222 e. The predicted octanol–water partition coefficient (Wildman–Crippen LogP) is 6.09. The Balaban J connectivity index is 1.34. The molecule has 0 atom stereocenters. The highest BCUT2D eigenvalue weighted by molar-refractivity contribution is 5.76. The van der Waals surface area contributed by atoms with Gasteiger partial charge in [0.25, 0.3) is 0 Å². The van der Waals surface area contributed by atoms with E-state index in [1.54, 1.807) is 14.2 Å². The molecule has 0 spiro atoms. The number of likely N-dealkylation sites (N-methyl/N-ethyl adjacent to an activating group) is 1. The van der Waals surface area contributed by atoms with E-state index in [2.05, 4.69) is 29.0 Å². The Hall–Kier alpha value is -1.75. The number of piperazine rings is 1. The molecule has 1 aliphatic heterocycles. The summed E-state index contributed by atoms with van der Waals surface area (Å²) >= 11 is 0. The van der Waals surface area contributed by atoms with Gasteiger partial charge in [0.2, 0.25) is 5.91 Å². The standard InChI is InChI=1S/C28H48N2O3/c1-29-20-22-30(23-21-29)28(31)17-15-13-11-9-7-5-4-6-8-10-12-14-16-25-18-19-26(32-2)27(24-25)33-3/h18-19,24H,4-17,20-23H2,1-3H3. The Labute approximate surface area is 202 Å². The number of rotatable bonds is 17. The molecule has 0 N–H and O–H groups in total. The fraction of sp³-hybridized carbons (Fsp3) is 0.750. The first-order valence-corrected chi connectivity index (χ1v) is 13.3. The predicted molar refractivity (Wildman–Crippen MR) is 137 cm³/mol. The minimum atomic E-state index is 0.367. The van der Waals surface area contributed by atoms with Gasteiger partial charge in [0.1, 0.15) is 0 Å². The van der Waals surface area contributed by atoms with Gasteiger partial charge in [-0.25, -0.2) is 0 Å². The normalized spacial score (nSPS) is 14.5. The van der Waals surface area contributed by atoms with E-state index in [1.165, 1.54) is 76.2 Å². The zero-order valence-corrected chi connectivity index (χ0v) is 21.6. The Kier molecular flexibility index (Phi) is 14.0. The van der Waals surface area contributed by atoms with Crippen LogP contribution in [0.15, 0.2) is 18.2 Å².